The number of benzene rings is 2. The van der Waals surface area contributed by atoms with Crippen LogP contribution in [-0.4, -0.2) is 17.3 Å². The highest BCUT2D eigenvalue weighted by Gasteiger charge is 2.22. The second-order valence-corrected chi connectivity index (χ2v) is 7.04. The molecule has 0 bridgehead atoms. The fraction of sp³-hybridized carbons (Fsp3) is 0.300. The van der Waals surface area contributed by atoms with E-state index in [0.29, 0.717) is 17.4 Å². The number of aryl methyl sites for hydroxylation is 1. The number of phenolic OH excluding ortho intramolecular Hbond substituents is 1. The topological polar surface area (TPSA) is 66.4 Å². The minimum Gasteiger partial charge on any atom is -0.505 e. The number of amides is 1. The smallest absolute Gasteiger partial charge is 0.228 e. The monoisotopic (exact) mass is 325 g/mol. The van der Waals surface area contributed by atoms with E-state index < -0.39 is 0 Å². The molecule has 0 aliphatic heterocycles. The van der Waals surface area contributed by atoms with E-state index in [2.05, 4.69) is 5.32 Å². The van der Waals surface area contributed by atoms with Crippen LogP contribution < -0.4 is 5.32 Å². The van der Waals surface area contributed by atoms with Crippen molar-refractivity contribution in [2.45, 2.75) is 39.5 Å². The first-order chi connectivity index (χ1) is 11.2. The molecule has 0 aliphatic rings. The van der Waals surface area contributed by atoms with Crippen molar-refractivity contribution in [3.05, 3.63) is 58.7 Å². The third-order valence-corrected chi connectivity index (χ3v) is 3.84. The second kappa shape index (κ2) is 6.87. The molecule has 2 rings (SSSR count). The van der Waals surface area contributed by atoms with Crippen molar-refractivity contribution in [3.8, 4) is 5.75 Å². The summed E-state index contributed by atoms with van der Waals surface area (Å²) in [5, 5.41) is 13.2. The van der Waals surface area contributed by atoms with Gasteiger partial charge in [-0.1, -0.05) is 50.6 Å². The number of aromatic hydroxyl groups is 1. The molecule has 0 radical (unpaired) electrons. The maximum Gasteiger partial charge on any atom is 0.228 e. The number of anilines is 1. The van der Waals surface area contributed by atoms with Gasteiger partial charge >= 0.3 is 0 Å². The van der Waals surface area contributed by atoms with Crippen molar-refractivity contribution in [1.29, 1.82) is 0 Å². The Morgan fingerprint density at radius 2 is 1.79 bits per heavy atom. The summed E-state index contributed by atoms with van der Waals surface area (Å²) in [5.41, 5.74) is 2.98. The van der Waals surface area contributed by atoms with E-state index in [-0.39, 0.29) is 29.2 Å². The molecule has 2 N–H and O–H groups in total. The van der Waals surface area contributed by atoms with E-state index in [1.165, 1.54) is 6.07 Å². The first kappa shape index (κ1) is 17.7. The fourth-order valence-electron chi connectivity index (χ4n) is 2.48. The maximum absolute atomic E-state index is 12.3. The lowest BCUT2D eigenvalue weighted by Crippen LogP contribution is -2.17. The first-order valence-corrected chi connectivity index (χ1v) is 7.89. The Bertz CT molecular complexity index is 756. The molecule has 4 heteroatoms. The van der Waals surface area contributed by atoms with Crippen LogP contribution in [0.4, 0.5) is 5.69 Å². The van der Waals surface area contributed by atoms with Gasteiger partial charge < -0.3 is 10.4 Å². The number of phenols is 1. The molecule has 0 fully saturated rings. The first-order valence-electron chi connectivity index (χ1n) is 7.89. The van der Waals surface area contributed by atoms with E-state index in [1.54, 1.807) is 6.07 Å². The summed E-state index contributed by atoms with van der Waals surface area (Å²) in [4.78, 5) is 23.4. The largest absolute Gasteiger partial charge is 0.505 e. The Balaban J connectivity index is 2.26. The Kier molecular flexibility index (Phi) is 5.07. The van der Waals surface area contributed by atoms with Crippen molar-refractivity contribution < 1.29 is 14.7 Å². The highest BCUT2D eigenvalue weighted by molar-refractivity contribution is 5.95. The molecule has 1 amide bonds. The number of nitrogens with one attached hydrogen (secondary N) is 1. The van der Waals surface area contributed by atoms with E-state index in [0.717, 1.165) is 11.1 Å². The minimum absolute atomic E-state index is 0.00496. The van der Waals surface area contributed by atoms with Crippen LogP contribution in [0.2, 0.25) is 0 Å². The number of hydrogen-bond donors (Lipinski definition) is 2. The van der Waals surface area contributed by atoms with Gasteiger partial charge in [0.25, 0.3) is 0 Å². The Morgan fingerprint density at radius 3 is 2.33 bits per heavy atom. The predicted octanol–water partition coefficient (Wildman–Crippen LogP) is 3.99. The van der Waals surface area contributed by atoms with Gasteiger partial charge in [-0.2, -0.15) is 0 Å². The van der Waals surface area contributed by atoms with Gasteiger partial charge in [0.15, 0.2) is 0 Å². The quantitative estimate of drug-likeness (QED) is 0.660. The van der Waals surface area contributed by atoms with Crippen LogP contribution in [0, 0.1) is 6.92 Å². The Labute approximate surface area is 142 Å². The lowest BCUT2D eigenvalue weighted by molar-refractivity contribution is -0.115. The molecule has 2 aromatic rings. The van der Waals surface area contributed by atoms with Crippen molar-refractivity contribution in [2.24, 2.45) is 0 Å². The van der Waals surface area contributed by atoms with Crippen LogP contribution in [-0.2, 0) is 16.6 Å². The van der Waals surface area contributed by atoms with Gasteiger partial charge in [0.2, 0.25) is 5.91 Å². The van der Waals surface area contributed by atoms with E-state index in [9.17, 15) is 14.7 Å². The molecule has 0 saturated carbocycles. The summed E-state index contributed by atoms with van der Waals surface area (Å²) in [6, 6.07) is 10.8. The molecular weight excluding hydrogens is 302 g/mol. The van der Waals surface area contributed by atoms with Crippen molar-refractivity contribution >= 4 is 17.9 Å². The summed E-state index contributed by atoms with van der Waals surface area (Å²) in [6.07, 6.45) is 0.917. The third kappa shape index (κ3) is 4.22. The molecule has 0 unspecified atom stereocenters. The van der Waals surface area contributed by atoms with Gasteiger partial charge in [-0.05, 0) is 30.0 Å². The van der Waals surface area contributed by atoms with Gasteiger partial charge in [0.05, 0.1) is 12.1 Å². The van der Waals surface area contributed by atoms with Crippen LogP contribution in [0.15, 0.2) is 36.4 Å². The average molecular weight is 325 g/mol. The number of carbonyl (C=O) groups excluding carboxylic acids is 2. The molecule has 4 nitrogen and oxygen atoms in total. The van der Waals surface area contributed by atoms with Gasteiger partial charge in [0, 0.05) is 11.1 Å². The predicted molar refractivity (Wildman–Crippen MR) is 95.7 cm³/mol. The van der Waals surface area contributed by atoms with Crippen LogP contribution >= 0.6 is 0 Å². The molecule has 0 aromatic heterocycles. The van der Waals surface area contributed by atoms with Crippen LogP contribution in [0.3, 0.4) is 0 Å². The molecule has 0 saturated heterocycles. The zero-order valence-corrected chi connectivity index (χ0v) is 14.5. The zero-order chi connectivity index (χ0) is 17.9. The van der Waals surface area contributed by atoms with Gasteiger partial charge in [-0.15, -0.1) is 0 Å². The highest BCUT2D eigenvalue weighted by Crippen LogP contribution is 2.37. The van der Waals surface area contributed by atoms with Gasteiger partial charge in [-0.25, -0.2) is 0 Å². The minimum atomic E-state index is -0.348. The average Bonchev–Trinajstić information content (AvgIpc) is 2.50. The number of hydrogen-bond acceptors (Lipinski definition) is 3. The van der Waals surface area contributed by atoms with Gasteiger partial charge in [-0.3, -0.25) is 9.59 Å². The van der Waals surface area contributed by atoms with Crippen molar-refractivity contribution in [2.75, 3.05) is 5.32 Å². The van der Waals surface area contributed by atoms with Crippen molar-refractivity contribution in [3.63, 3.8) is 0 Å². The Morgan fingerprint density at radius 1 is 1.17 bits per heavy atom. The number of aldehydes is 1. The summed E-state index contributed by atoms with van der Waals surface area (Å²) in [5.74, 6) is -0.234. The summed E-state index contributed by atoms with van der Waals surface area (Å²) < 4.78 is 0. The summed E-state index contributed by atoms with van der Waals surface area (Å²) in [7, 11) is 0. The van der Waals surface area contributed by atoms with Crippen LogP contribution in [0.1, 0.15) is 47.8 Å². The van der Waals surface area contributed by atoms with Gasteiger partial charge in [0.1, 0.15) is 12.0 Å². The SMILES string of the molecule is Cc1ccc(CC(=O)Nc2cc(C=O)cc(C(C)(C)C)c2O)cc1. The molecule has 126 valence electrons. The van der Waals surface area contributed by atoms with E-state index >= 15 is 0 Å². The molecule has 24 heavy (non-hydrogen) atoms. The second-order valence-electron chi connectivity index (χ2n) is 7.04. The zero-order valence-electron chi connectivity index (χ0n) is 14.5. The maximum atomic E-state index is 12.3. The fourth-order valence-corrected chi connectivity index (χ4v) is 2.48. The van der Waals surface area contributed by atoms with E-state index in [4.69, 9.17) is 0 Å². The van der Waals surface area contributed by atoms with Crippen LogP contribution in [0.5, 0.6) is 5.75 Å². The number of carbonyl (C=O) groups is 2. The molecule has 0 atom stereocenters. The normalized spacial score (nSPS) is 11.2. The Hall–Kier alpha value is -2.62. The molecule has 2 aromatic carbocycles. The molecule has 0 aliphatic carbocycles. The number of rotatable bonds is 4. The van der Waals surface area contributed by atoms with Crippen LogP contribution in [0.25, 0.3) is 0 Å². The van der Waals surface area contributed by atoms with Crippen molar-refractivity contribution in [1.82, 2.24) is 0 Å². The van der Waals surface area contributed by atoms with E-state index in [1.807, 2.05) is 52.0 Å². The lowest BCUT2D eigenvalue weighted by Gasteiger charge is -2.22. The lowest BCUT2D eigenvalue weighted by atomic mass is 9.85. The molecular formula is C20H23NO3. The summed E-state index contributed by atoms with van der Waals surface area (Å²) >= 11 is 0. The standard InChI is InChI=1S/C20H23NO3/c1-13-5-7-14(8-6-13)11-18(23)21-17-10-15(12-22)9-16(19(17)24)20(2,3)4/h5-10,12,24H,11H2,1-4H3,(H,21,23). The highest BCUT2D eigenvalue weighted by atomic mass is 16.3. The summed E-state index contributed by atoms with van der Waals surface area (Å²) in [6.45, 7) is 7.80. The third-order valence-electron chi connectivity index (χ3n) is 3.84. The molecule has 0 spiro atoms. The molecule has 0 heterocycles.